The van der Waals surface area contributed by atoms with Crippen LogP contribution in [0.3, 0.4) is 0 Å². The van der Waals surface area contributed by atoms with Gasteiger partial charge in [-0.2, -0.15) is 0 Å². The molecule has 0 amide bonds. The summed E-state index contributed by atoms with van der Waals surface area (Å²) in [6.07, 6.45) is 0. The van der Waals surface area contributed by atoms with Crippen LogP contribution in [0.5, 0.6) is 0 Å². The molecule has 48 heavy (non-hydrogen) atoms. The number of hydrogen-bond donors (Lipinski definition) is 2. The van der Waals surface area contributed by atoms with E-state index in [4.69, 9.17) is 21.5 Å². The largest absolute Gasteiger partial charge is 0.397 e. The van der Waals surface area contributed by atoms with Gasteiger partial charge >= 0.3 is 0 Å². The molecule has 5 nitrogen and oxygen atoms in total. The molecule has 0 radical (unpaired) electrons. The molecule has 0 aliphatic heterocycles. The van der Waals surface area contributed by atoms with Crippen molar-refractivity contribution in [3.05, 3.63) is 180 Å². The van der Waals surface area contributed by atoms with Gasteiger partial charge in [-0.3, -0.25) is 4.99 Å². The number of anilines is 2. The highest BCUT2D eigenvalue weighted by Gasteiger charge is 2.12. The average molecular weight is 624 g/mol. The Kier molecular flexibility index (Phi) is 8.66. The van der Waals surface area contributed by atoms with Crippen molar-refractivity contribution >= 4 is 44.6 Å². The number of para-hydroxylation sites is 2. The second kappa shape index (κ2) is 13.7. The van der Waals surface area contributed by atoms with Crippen LogP contribution in [0.1, 0.15) is 22.3 Å². The van der Waals surface area contributed by atoms with Crippen LogP contribution in [-0.2, 0) is 13.1 Å². The molecule has 0 atom stereocenters. The molecule has 0 unspecified atom stereocenters. The van der Waals surface area contributed by atoms with Gasteiger partial charge in [0.25, 0.3) is 0 Å². The number of rotatable bonds is 8. The van der Waals surface area contributed by atoms with E-state index in [1.165, 1.54) is 27.1 Å². The van der Waals surface area contributed by atoms with Gasteiger partial charge < -0.3 is 16.4 Å². The van der Waals surface area contributed by atoms with Gasteiger partial charge in [-0.15, -0.1) is 0 Å². The number of nitrogens with two attached hydrogens (primary N) is 2. The number of nitrogens with zero attached hydrogens (tertiary/aromatic N) is 3. The van der Waals surface area contributed by atoms with Crippen molar-refractivity contribution in [1.82, 2.24) is 0 Å². The molecule has 0 saturated carbocycles. The predicted molar refractivity (Wildman–Crippen MR) is 204 cm³/mol. The first-order valence-corrected chi connectivity index (χ1v) is 16.1. The maximum atomic E-state index is 6.48. The van der Waals surface area contributed by atoms with E-state index in [0.29, 0.717) is 18.2 Å². The fourth-order valence-corrected chi connectivity index (χ4v) is 6.17. The maximum Gasteiger partial charge on any atom is 0.157 e. The van der Waals surface area contributed by atoms with E-state index in [-0.39, 0.29) is 0 Å². The Balaban J connectivity index is 1.25. The SMILES string of the molecule is CN(Cc1ccc2cc(-c3cc4ccccc4cc3C/N=C(\N=C(/N)c3ccccc3)c3ccccc3)ccc2c1)c1ccccc1N. The Morgan fingerprint density at radius 1 is 0.604 bits per heavy atom. The van der Waals surface area contributed by atoms with Crippen LogP contribution >= 0.6 is 0 Å². The first-order chi connectivity index (χ1) is 23.5. The summed E-state index contributed by atoms with van der Waals surface area (Å²) in [7, 11) is 2.08. The van der Waals surface area contributed by atoms with Crippen LogP contribution in [0.15, 0.2) is 168 Å². The number of aliphatic imine (C=N–C) groups is 2. The zero-order valence-electron chi connectivity index (χ0n) is 26.9. The summed E-state index contributed by atoms with van der Waals surface area (Å²) in [6, 6.07) is 54.2. The molecule has 7 aromatic rings. The smallest absolute Gasteiger partial charge is 0.157 e. The van der Waals surface area contributed by atoms with Gasteiger partial charge in [0.05, 0.1) is 17.9 Å². The van der Waals surface area contributed by atoms with Gasteiger partial charge in [0, 0.05) is 24.7 Å². The lowest BCUT2D eigenvalue weighted by Crippen LogP contribution is -2.17. The number of fused-ring (bicyclic) bond motifs is 2. The third-order valence-electron chi connectivity index (χ3n) is 8.68. The quantitative estimate of drug-likeness (QED) is 0.101. The van der Waals surface area contributed by atoms with Crippen LogP contribution in [0.25, 0.3) is 32.7 Å². The molecule has 5 heteroatoms. The molecule has 0 fully saturated rings. The van der Waals surface area contributed by atoms with Crippen molar-refractivity contribution < 1.29 is 0 Å². The monoisotopic (exact) mass is 623 g/mol. The van der Waals surface area contributed by atoms with E-state index < -0.39 is 0 Å². The normalized spacial score (nSPS) is 12.0. The van der Waals surface area contributed by atoms with Crippen LogP contribution in [0, 0.1) is 0 Å². The highest BCUT2D eigenvalue weighted by molar-refractivity contribution is 6.11. The number of nitrogen functional groups attached to an aromatic ring is 1. The van der Waals surface area contributed by atoms with Crippen molar-refractivity contribution in [2.45, 2.75) is 13.1 Å². The Labute approximate surface area is 281 Å². The molecule has 7 rings (SSSR count). The number of hydrogen-bond acceptors (Lipinski definition) is 3. The van der Waals surface area contributed by atoms with Crippen LogP contribution in [-0.4, -0.2) is 18.7 Å². The molecule has 0 aromatic heterocycles. The molecular formula is C43H37N5. The van der Waals surface area contributed by atoms with Crippen LogP contribution < -0.4 is 16.4 Å². The molecule has 234 valence electrons. The number of benzene rings is 7. The van der Waals surface area contributed by atoms with E-state index in [1.807, 2.05) is 78.9 Å². The summed E-state index contributed by atoms with van der Waals surface area (Å²) in [5.41, 5.74) is 21.0. The standard InChI is InChI=1S/C43H37N5/c1-48(41-19-11-10-18-40(41)44)29-30-20-21-36-25-37(23-22-35(36)24-30)39-27-34-17-9-8-16-33(34)26-38(39)28-46-43(32-14-6-3-7-15-32)47-42(45)31-12-4-2-5-13-31/h2-27H,28-29,44H2,1H3,(H2,45,46,47). The van der Waals surface area contributed by atoms with Gasteiger partial charge in [0.15, 0.2) is 5.84 Å². The summed E-state index contributed by atoms with van der Waals surface area (Å²) in [6.45, 7) is 1.21. The van der Waals surface area contributed by atoms with Crippen LogP contribution in [0.2, 0.25) is 0 Å². The molecule has 0 aliphatic rings. The summed E-state index contributed by atoms with van der Waals surface area (Å²) in [4.78, 5) is 12.1. The summed E-state index contributed by atoms with van der Waals surface area (Å²) in [5.74, 6) is 1.04. The molecule has 0 heterocycles. The topological polar surface area (TPSA) is 80.0 Å². The highest BCUT2D eigenvalue weighted by atomic mass is 15.1. The van der Waals surface area contributed by atoms with Crippen molar-refractivity contribution in [2.75, 3.05) is 17.7 Å². The van der Waals surface area contributed by atoms with E-state index in [2.05, 4.69) is 90.8 Å². The number of amidine groups is 2. The summed E-state index contributed by atoms with van der Waals surface area (Å²) >= 11 is 0. The van der Waals surface area contributed by atoms with Gasteiger partial charge in [0.1, 0.15) is 5.84 Å². The minimum atomic E-state index is 0.435. The van der Waals surface area contributed by atoms with Gasteiger partial charge in [-0.05, 0) is 80.2 Å². The fraction of sp³-hybridized carbons (Fsp3) is 0.0698. The first kappa shape index (κ1) is 30.5. The Bertz CT molecular complexity index is 2270. The lowest BCUT2D eigenvalue weighted by atomic mass is 9.93. The van der Waals surface area contributed by atoms with Crippen molar-refractivity contribution in [3.8, 4) is 11.1 Å². The molecule has 7 aromatic carbocycles. The summed E-state index contributed by atoms with van der Waals surface area (Å²) < 4.78 is 0. The molecule has 0 spiro atoms. The van der Waals surface area contributed by atoms with Crippen LogP contribution in [0.4, 0.5) is 11.4 Å². The van der Waals surface area contributed by atoms with Crippen molar-refractivity contribution in [3.63, 3.8) is 0 Å². The van der Waals surface area contributed by atoms with Crippen molar-refractivity contribution in [1.29, 1.82) is 0 Å². The lowest BCUT2D eigenvalue weighted by molar-refractivity contribution is 0.926. The van der Waals surface area contributed by atoms with E-state index in [9.17, 15) is 0 Å². The predicted octanol–water partition coefficient (Wildman–Crippen LogP) is 9.23. The molecule has 0 aliphatic carbocycles. The summed E-state index contributed by atoms with van der Waals surface area (Å²) in [5, 5.41) is 4.75. The Morgan fingerprint density at radius 3 is 1.96 bits per heavy atom. The maximum absolute atomic E-state index is 6.48. The Morgan fingerprint density at radius 2 is 1.21 bits per heavy atom. The fourth-order valence-electron chi connectivity index (χ4n) is 6.17. The highest BCUT2D eigenvalue weighted by Crippen LogP contribution is 2.33. The first-order valence-electron chi connectivity index (χ1n) is 16.1. The van der Waals surface area contributed by atoms with Gasteiger partial charge in [-0.1, -0.05) is 121 Å². The Hall–Kier alpha value is -6.20. The zero-order chi connectivity index (χ0) is 32.9. The lowest BCUT2D eigenvalue weighted by Gasteiger charge is -2.21. The van der Waals surface area contributed by atoms with E-state index in [0.717, 1.165) is 45.7 Å². The third kappa shape index (κ3) is 6.67. The molecule has 0 saturated heterocycles. The minimum Gasteiger partial charge on any atom is -0.397 e. The van der Waals surface area contributed by atoms with E-state index >= 15 is 0 Å². The van der Waals surface area contributed by atoms with Gasteiger partial charge in [0.2, 0.25) is 0 Å². The second-order valence-electron chi connectivity index (χ2n) is 12.0. The second-order valence-corrected chi connectivity index (χ2v) is 12.0. The average Bonchev–Trinajstić information content (AvgIpc) is 3.13. The van der Waals surface area contributed by atoms with E-state index in [1.54, 1.807) is 0 Å². The molecule has 0 bridgehead atoms. The minimum absolute atomic E-state index is 0.435. The molecular weight excluding hydrogens is 587 g/mol. The van der Waals surface area contributed by atoms with Gasteiger partial charge in [-0.25, -0.2) is 4.99 Å². The molecule has 4 N–H and O–H groups in total. The third-order valence-corrected chi connectivity index (χ3v) is 8.68. The zero-order valence-corrected chi connectivity index (χ0v) is 26.9. The van der Waals surface area contributed by atoms with Crippen molar-refractivity contribution in [2.24, 2.45) is 15.7 Å².